The van der Waals surface area contributed by atoms with Crippen LogP contribution in [0.25, 0.3) is 0 Å². The van der Waals surface area contributed by atoms with Crippen molar-refractivity contribution in [3.05, 3.63) is 58.4 Å². The number of pyridine rings is 1. The number of rotatable bonds is 3. The molecule has 2 N–H and O–H groups in total. The van der Waals surface area contributed by atoms with E-state index in [1.165, 1.54) is 18.2 Å². The van der Waals surface area contributed by atoms with Crippen LogP contribution in [0, 0.1) is 6.92 Å². The Morgan fingerprint density at radius 2 is 2.21 bits per heavy atom. The summed E-state index contributed by atoms with van der Waals surface area (Å²) in [6, 6.07) is 6.22. The molecule has 0 bridgehead atoms. The van der Waals surface area contributed by atoms with Gasteiger partial charge in [-0.25, -0.2) is 0 Å². The SMILES string of the molecule is Cc1cnccc1CNC(=O)c1ccc(O)c(Cl)c1. The summed E-state index contributed by atoms with van der Waals surface area (Å²) >= 11 is 5.76. The summed E-state index contributed by atoms with van der Waals surface area (Å²) in [6.45, 7) is 2.36. The van der Waals surface area contributed by atoms with E-state index in [0.29, 0.717) is 12.1 Å². The summed E-state index contributed by atoms with van der Waals surface area (Å²) in [5.41, 5.74) is 2.44. The molecule has 0 radical (unpaired) electrons. The molecule has 1 aromatic heterocycles. The third-order valence-corrected chi connectivity index (χ3v) is 3.09. The highest BCUT2D eigenvalue weighted by Gasteiger charge is 2.08. The van der Waals surface area contributed by atoms with E-state index in [4.69, 9.17) is 11.6 Å². The summed E-state index contributed by atoms with van der Waals surface area (Å²) in [5, 5.41) is 12.3. The highest BCUT2D eigenvalue weighted by atomic mass is 35.5. The molecule has 19 heavy (non-hydrogen) atoms. The first-order chi connectivity index (χ1) is 9.08. The molecule has 0 saturated carbocycles. The van der Waals surface area contributed by atoms with Crippen LogP contribution in [0.4, 0.5) is 0 Å². The molecule has 1 aromatic carbocycles. The number of amides is 1. The summed E-state index contributed by atoms with van der Waals surface area (Å²) in [4.78, 5) is 15.9. The van der Waals surface area contributed by atoms with Gasteiger partial charge >= 0.3 is 0 Å². The van der Waals surface area contributed by atoms with Gasteiger partial charge in [0.25, 0.3) is 5.91 Å². The van der Waals surface area contributed by atoms with Crippen LogP contribution in [0.15, 0.2) is 36.7 Å². The van der Waals surface area contributed by atoms with Crippen LogP contribution in [-0.4, -0.2) is 16.0 Å². The van der Waals surface area contributed by atoms with E-state index < -0.39 is 0 Å². The van der Waals surface area contributed by atoms with Crippen molar-refractivity contribution >= 4 is 17.5 Å². The average Bonchev–Trinajstić information content (AvgIpc) is 2.40. The highest BCUT2D eigenvalue weighted by Crippen LogP contribution is 2.23. The van der Waals surface area contributed by atoms with Gasteiger partial charge in [-0.15, -0.1) is 0 Å². The summed E-state index contributed by atoms with van der Waals surface area (Å²) in [6.07, 6.45) is 3.44. The zero-order valence-corrected chi connectivity index (χ0v) is 11.1. The molecule has 1 heterocycles. The number of phenolic OH excluding ortho intramolecular Hbond substituents is 1. The third kappa shape index (κ3) is 3.23. The Morgan fingerprint density at radius 3 is 2.89 bits per heavy atom. The normalized spacial score (nSPS) is 10.2. The number of benzene rings is 1. The summed E-state index contributed by atoms with van der Waals surface area (Å²) in [5.74, 6) is -0.277. The maximum Gasteiger partial charge on any atom is 0.251 e. The molecule has 0 atom stereocenters. The lowest BCUT2D eigenvalue weighted by Crippen LogP contribution is -2.23. The molecular weight excluding hydrogens is 264 g/mol. The van der Waals surface area contributed by atoms with Crippen LogP contribution in [0.2, 0.25) is 5.02 Å². The summed E-state index contributed by atoms with van der Waals surface area (Å²) < 4.78 is 0. The van der Waals surface area contributed by atoms with Gasteiger partial charge in [-0.3, -0.25) is 9.78 Å². The van der Waals surface area contributed by atoms with Crippen molar-refractivity contribution < 1.29 is 9.90 Å². The fourth-order valence-corrected chi connectivity index (χ4v) is 1.81. The van der Waals surface area contributed by atoms with Crippen molar-refractivity contribution in [2.75, 3.05) is 0 Å². The fraction of sp³-hybridized carbons (Fsp3) is 0.143. The molecule has 1 amide bonds. The number of nitrogens with one attached hydrogen (secondary N) is 1. The first-order valence-corrected chi connectivity index (χ1v) is 6.12. The molecule has 0 unspecified atom stereocenters. The number of carbonyl (C=O) groups is 1. The van der Waals surface area contributed by atoms with E-state index in [1.54, 1.807) is 12.4 Å². The molecule has 0 spiro atoms. The van der Waals surface area contributed by atoms with Crippen LogP contribution < -0.4 is 5.32 Å². The minimum absolute atomic E-state index is 0.0387. The van der Waals surface area contributed by atoms with Crippen molar-refractivity contribution in [3.8, 4) is 5.75 Å². The molecular formula is C14H13ClN2O2. The molecule has 2 aromatic rings. The van der Waals surface area contributed by atoms with Crippen molar-refractivity contribution in [3.63, 3.8) is 0 Å². The first kappa shape index (κ1) is 13.4. The Kier molecular flexibility index (Phi) is 4.02. The van der Waals surface area contributed by atoms with E-state index in [2.05, 4.69) is 10.3 Å². The number of aryl methyl sites for hydroxylation is 1. The van der Waals surface area contributed by atoms with E-state index in [-0.39, 0.29) is 16.7 Å². The highest BCUT2D eigenvalue weighted by molar-refractivity contribution is 6.32. The van der Waals surface area contributed by atoms with Gasteiger partial charge in [-0.1, -0.05) is 11.6 Å². The van der Waals surface area contributed by atoms with Gasteiger partial charge in [-0.2, -0.15) is 0 Å². The maximum absolute atomic E-state index is 11.9. The van der Waals surface area contributed by atoms with Crippen molar-refractivity contribution in [2.24, 2.45) is 0 Å². The van der Waals surface area contributed by atoms with Gasteiger partial charge in [0.05, 0.1) is 5.02 Å². The Bertz CT molecular complexity index is 614. The minimum atomic E-state index is -0.238. The van der Waals surface area contributed by atoms with Gasteiger partial charge in [0.1, 0.15) is 5.75 Å². The fourth-order valence-electron chi connectivity index (χ4n) is 1.63. The number of aromatic nitrogens is 1. The van der Waals surface area contributed by atoms with Crippen molar-refractivity contribution in [2.45, 2.75) is 13.5 Å². The van der Waals surface area contributed by atoms with Crippen LogP contribution >= 0.6 is 11.6 Å². The molecule has 5 heteroatoms. The lowest BCUT2D eigenvalue weighted by Gasteiger charge is -2.08. The minimum Gasteiger partial charge on any atom is -0.506 e. The Morgan fingerprint density at radius 1 is 1.42 bits per heavy atom. The molecule has 4 nitrogen and oxygen atoms in total. The molecule has 98 valence electrons. The number of nitrogens with zero attached hydrogens (tertiary/aromatic N) is 1. The van der Waals surface area contributed by atoms with Gasteiger partial charge < -0.3 is 10.4 Å². The number of hydrogen-bond acceptors (Lipinski definition) is 3. The Labute approximate surface area is 116 Å². The predicted molar refractivity (Wildman–Crippen MR) is 73.3 cm³/mol. The molecule has 0 fully saturated rings. The third-order valence-electron chi connectivity index (χ3n) is 2.79. The second-order valence-electron chi connectivity index (χ2n) is 4.15. The van der Waals surface area contributed by atoms with Gasteiger partial charge in [0, 0.05) is 24.5 Å². The molecule has 0 aliphatic heterocycles. The average molecular weight is 277 g/mol. The molecule has 0 saturated heterocycles. The monoisotopic (exact) mass is 276 g/mol. The number of halogens is 1. The summed E-state index contributed by atoms with van der Waals surface area (Å²) in [7, 11) is 0. The topological polar surface area (TPSA) is 62.2 Å². The van der Waals surface area contributed by atoms with E-state index in [9.17, 15) is 9.90 Å². The predicted octanol–water partition coefficient (Wildman–Crippen LogP) is 2.68. The molecule has 0 aliphatic rings. The van der Waals surface area contributed by atoms with Crippen LogP contribution in [0.5, 0.6) is 5.75 Å². The van der Waals surface area contributed by atoms with Gasteiger partial charge in [0.15, 0.2) is 0 Å². The second kappa shape index (κ2) is 5.71. The van der Waals surface area contributed by atoms with E-state index in [0.717, 1.165) is 11.1 Å². The van der Waals surface area contributed by atoms with E-state index in [1.807, 2.05) is 13.0 Å². The standard InChI is InChI=1S/C14H13ClN2O2/c1-9-7-16-5-4-11(9)8-17-14(19)10-2-3-13(18)12(15)6-10/h2-7,18H,8H2,1H3,(H,17,19). The Hall–Kier alpha value is -2.07. The number of phenols is 1. The van der Waals surface area contributed by atoms with Crippen LogP contribution in [0.3, 0.4) is 0 Å². The zero-order valence-electron chi connectivity index (χ0n) is 10.4. The number of carbonyl (C=O) groups excluding carboxylic acids is 1. The number of aromatic hydroxyl groups is 1. The smallest absolute Gasteiger partial charge is 0.251 e. The van der Waals surface area contributed by atoms with Crippen LogP contribution in [0.1, 0.15) is 21.5 Å². The largest absolute Gasteiger partial charge is 0.506 e. The van der Waals surface area contributed by atoms with Gasteiger partial charge in [-0.05, 0) is 42.3 Å². The lowest BCUT2D eigenvalue weighted by atomic mass is 10.1. The Balaban J connectivity index is 2.05. The van der Waals surface area contributed by atoms with Crippen LogP contribution in [-0.2, 0) is 6.54 Å². The molecule has 2 rings (SSSR count). The lowest BCUT2D eigenvalue weighted by molar-refractivity contribution is 0.0951. The molecule has 0 aliphatic carbocycles. The maximum atomic E-state index is 11.9. The van der Waals surface area contributed by atoms with E-state index >= 15 is 0 Å². The zero-order chi connectivity index (χ0) is 13.8. The quantitative estimate of drug-likeness (QED) is 0.906. The van der Waals surface area contributed by atoms with Crippen molar-refractivity contribution in [1.29, 1.82) is 0 Å². The van der Waals surface area contributed by atoms with Gasteiger partial charge in [0.2, 0.25) is 0 Å². The second-order valence-corrected chi connectivity index (χ2v) is 4.56. The number of hydrogen-bond donors (Lipinski definition) is 2. The van der Waals surface area contributed by atoms with Crippen molar-refractivity contribution in [1.82, 2.24) is 10.3 Å². The first-order valence-electron chi connectivity index (χ1n) is 5.74.